The van der Waals surface area contributed by atoms with Crippen LogP contribution in [-0.4, -0.2) is 18.3 Å². The summed E-state index contributed by atoms with van der Waals surface area (Å²) in [4.78, 5) is 0. The number of fused-ring (bicyclic) bond motifs is 6. The number of allylic oxidation sites excluding steroid dienone is 1. The van der Waals surface area contributed by atoms with Gasteiger partial charge < -0.3 is 18.3 Å². The first-order valence-corrected chi connectivity index (χ1v) is 22.1. The van der Waals surface area contributed by atoms with Crippen LogP contribution < -0.4 is 0 Å². The molecule has 0 saturated heterocycles. The van der Waals surface area contributed by atoms with Gasteiger partial charge in [-0.15, -0.1) is 6.58 Å². The molecule has 0 N–H and O–H groups in total. The molecule has 4 aromatic heterocycles. The Balaban J connectivity index is 0.00000154. The maximum Gasteiger partial charge on any atom is 0.0625 e. The summed E-state index contributed by atoms with van der Waals surface area (Å²) < 4.78 is 9.92. The lowest BCUT2D eigenvalue weighted by atomic mass is 10.0. The molecule has 0 atom stereocenters. The summed E-state index contributed by atoms with van der Waals surface area (Å²) in [6, 6.07) is 55.0. The van der Waals surface area contributed by atoms with Crippen LogP contribution in [0.2, 0.25) is 0 Å². The fourth-order valence-corrected chi connectivity index (χ4v) is 9.46. The predicted octanol–water partition coefficient (Wildman–Crippen LogP) is 15.2. The molecule has 10 rings (SSSR count). The first kappa shape index (κ1) is 39.7. The Morgan fingerprint density at radius 3 is 1.13 bits per heavy atom. The Morgan fingerprint density at radius 1 is 0.410 bits per heavy atom. The predicted molar refractivity (Wildman–Crippen MR) is 262 cm³/mol. The van der Waals surface area contributed by atoms with Gasteiger partial charge in [0.1, 0.15) is 0 Å². The lowest BCUT2D eigenvalue weighted by Gasteiger charge is -2.15. The van der Waals surface area contributed by atoms with Crippen molar-refractivity contribution in [3.8, 4) is 33.9 Å². The highest BCUT2D eigenvalue weighted by Crippen LogP contribution is 2.38. The normalized spacial score (nSPS) is 11.5. The number of nitrogens with zero attached hydrogens (tertiary/aromatic N) is 4. The number of benzene rings is 6. The molecule has 0 aliphatic rings. The Hall–Kier alpha value is -6.78. The second-order valence-electron chi connectivity index (χ2n) is 16.4. The van der Waals surface area contributed by atoms with E-state index in [1.165, 1.54) is 111 Å². The minimum atomic E-state index is 0.940. The molecule has 0 bridgehead atoms. The van der Waals surface area contributed by atoms with Crippen LogP contribution in [0, 0.1) is 13.8 Å². The van der Waals surface area contributed by atoms with Gasteiger partial charge in [-0.3, -0.25) is 0 Å². The van der Waals surface area contributed by atoms with Crippen LogP contribution in [0.5, 0.6) is 0 Å². The average molecular weight is 797 g/mol. The number of aryl methyl sites for hydroxylation is 6. The maximum absolute atomic E-state index is 3.36. The van der Waals surface area contributed by atoms with Gasteiger partial charge in [0.2, 0.25) is 0 Å². The average Bonchev–Trinajstić information content (AvgIpc) is 4.07. The minimum absolute atomic E-state index is 0.940. The Kier molecular flexibility index (Phi) is 10.6. The summed E-state index contributed by atoms with van der Waals surface area (Å²) in [5, 5.41) is 5.14. The van der Waals surface area contributed by atoms with Crippen LogP contribution in [-0.2, 0) is 25.7 Å². The number of hydrogen-bond donors (Lipinski definition) is 0. The second kappa shape index (κ2) is 16.3. The Morgan fingerprint density at radius 2 is 0.770 bits per heavy atom. The van der Waals surface area contributed by atoms with Gasteiger partial charge in [0.15, 0.2) is 0 Å². The van der Waals surface area contributed by atoms with Crippen molar-refractivity contribution in [1.29, 1.82) is 0 Å². The van der Waals surface area contributed by atoms with Crippen molar-refractivity contribution in [2.75, 3.05) is 0 Å². The second-order valence-corrected chi connectivity index (χ2v) is 16.4. The van der Waals surface area contributed by atoms with E-state index in [9.17, 15) is 0 Å². The van der Waals surface area contributed by atoms with E-state index in [0.29, 0.717) is 0 Å². The molecule has 0 aliphatic carbocycles. The van der Waals surface area contributed by atoms with E-state index >= 15 is 0 Å². The zero-order valence-corrected chi connectivity index (χ0v) is 36.8. The molecule has 0 amide bonds. The van der Waals surface area contributed by atoms with E-state index < -0.39 is 0 Å². The SMILES string of the molecule is C=CC.CCc1cc2c(ccc3cc(CC)n(-c4cccc(-c5cccc(-n6c(CC)cc7ccc8c(cc(CC)n8-c8ccc(C)cc8)c76)c5)c4)c32)n1-c1ccc(C)cc1. The third-order valence-corrected chi connectivity index (χ3v) is 12.4. The molecule has 304 valence electrons. The lowest BCUT2D eigenvalue weighted by molar-refractivity contribution is 0.960. The Labute approximate surface area is 360 Å². The first-order valence-electron chi connectivity index (χ1n) is 22.1. The standard InChI is InChI=1S/C54H50N4.C3H6/c1-7-41-31-39-21-27-51-49(33-43(9-3)55(51)45-23-17-35(5)18-24-45)53(39)57(41)47-15-11-13-37(29-47)38-14-12-16-48(30-38)58-42(8-2)32-40-22-28-52-50(54(40)58)34-44(10-4)56(52)46-25-19-36(6)20-26-46;1-3-2/h11-34H,7-10H2,1-6H3;3H,1H2,2H3. The number of aromatic nitrogens is 4. The molecule has 0 fully saturated rings. The van der Waals surface area contributed by atoms with E-state index in [1.807, 2.05) is 6.92 Å². The van der Waals surface area contributed by atoms with Crippen molar-refractivity contribution < 1.29 is 0 Å². The van der Waals surface area contributed by atoms with E-state index in [4.69, 9.17) is 0 Å². The van der Waals surface area contributed by atoms with Crippen LogP contribution >= 0.6 is 0 Å². The van der Waals surface area contributed by atoms with Crippen molar-refractivity contribution in [3.05, 3.63) is 192 Å². The molecule has 4 nitrogen and oxygen atoms in total. The monoisotopic (exact) mass is 796 g/mol. The Bertz CT molecular complexity index is 3000. The van der Waals surface area contributed by atoms with Gasteiger partial charge in [-0.05, 0) is 143 Å². The molecule has 4 heteroatoms. The smallest absolute Gasteiger partial charge is 0.0625 e. The summed E-state index contributed by atoms with van der Waals surface area (Å²) in [6.07, 6.45) is 5.54. The minimum Gasteiger partial charge on any atom is -0.314 e. The first-order chi connectivity index (χ1) is 29.8. The summed E-state index contributed by atoms with van der Waals surface area (Å²) in [6.45, 7) is 18.6. The van der Waals surface area contributed by atoms with Crippen molar-refractivity contribution in [3.63, 3.8) is 0 Å². The summed E-state index contributed by atoms with van der Waals surface area (Å²) in [5.41, 5.74) is 20.1. The highest BCUT2D eigenvalue weighted by atomic mass is 15.0. The molecule has 0 spiro atoms. The highest BCUT2D eigenvalue weighted by molar-refractivity contribution is 6.08. The van der Waals surface area contributed by atoms with Gasteiger partial charge in [0.25, 0.3) is 0 Å². The van der Waals surface area contributed by atoms with Crippen molar-refractivity contribution in [2.24, 2.45) is 0 Å². The van der Waals surface area contributed by atoms with Gasteiger partial charge in [-0.25, -0.2) is 0 Å². The van der Waals surface area contributed by atoms with Crippen molar-refractivity contribution in [1.82, 2.24) is 18.3 Å². The molecule has 61 heavy (non-hydrogen) atoms. The van der Waals surface area contributed by atoms with Crippen molar-refractivity contribution in [2.45, 2.75) is 74.1 Å². The topological polar surface area (TPSA) is 19.7 Å². The molecule has 10 aromatic rings. The molecular formula is C57H56N4. The van der Waals surface area contributed by atoms with E-state index in [1.54, 1.807) is 6.08 Å². The molecule has 0 saturated carbocycles. The summed E-state index contributed by atoms with van der Waals surface area (Å²) in [5.74, 6) is 0. The molecule has 0 aliphatic heterocycles. The molecule has 6 aromatic carbocycles. The molecule has 0 unspecified atom stereocenters. The van der Waals surface area contributed by atoms with Gasteiger partial charge in [-0.2, -0.15) is 0 Å². The highest BCUT2D eigenvalue weighted by Gasteiger charge is 2.20. The summed E-state index contributed by atoms with van der Waals surface area (Å²) in [7, 11) is 0. The van der Waals surface area contributed by atoms with Crippen LogP contribution in [0.15, 0.2) is 158 Å². The van der Waals surface area contributed by atoms with Crippen LogP contribution in [0.1, 0.15) is 68.5 Å². The summed E-state index contributed by atoms with van der Waals surface area (Å²) >= 11 is 0. The van der Waals surface area contributed by atoms with Gasteiger partial charge in [-0.1, -0.05) is 106 Å². The number of rotatable bonds is 9. The number of hydrogen-bond acceptors (Lipinski definition) is 0. The third-order valence-electron chi connectivity index (χ3n) is 12.4. The quantitative estimate of drug-likeness (QED) is 0.130. The maximum atomic E-state index is 3.36. The molecular weight excluding hydrogens is 741 g/mol. The van der Waals surface area contributed by atoms with Gasteiger partial charge in [0.05, 0.1) is 22.1 Å². The van der Waals surface area contributed by atoms with Crippen LogP contribution in [0.4, 0.5) is 0 Å². The van der Waals surface area contributed by atoms with E-state index in [-0.39, 0.29) is 0 Å². The van der Waals surface area contributed by atoms with Crippen LogP contribution in [0.25, 0.3) is 77.5 Å². The van der Waals surface area contributed by atoms with Gasteiger partial charge >= 0.3 is 0 Å². The fraction of sp³-hybridized carbons (Fsp3) is 0.193. The zero-order chi connectivity index (χ0) is 42.4. The lowest BCUT2D eigenvalue weighted by Crippen LogP contribution is -2.01. The molecule has 4 heterocycles. The fourth-order valence-electron chi connectivity index (χ4n) is 9.46. The van der Waals surface area contributed by atoms with E-state index in [2.05, 4.69) is 212 Å². The zero-order valence-electron chi connectivity index (χ0n) is 36.8. The van der Waals surface area contributed by atoms with Gasteiger partial charge in [0, 0.05) is 67.1 Å². The third kappa shape index (κ3) is 6.81. The molecule has 0 radical (unpaired) electrons. The van der Waals surface area contributed by atoms with Crippen LogP contribution in [0.3, 0.4) is 0 Å². The van der Waals surface area contributed by atoms with E-state index in [0.717, 1.165) is 25.7 Å². The largest absolute Gasteiger partial charge is 0.314 e. The van der Waals surface area contributed by atoms with Crippen molar-refractivity contribution >= 4 is 43.6 Å².